The SMILES string of the molecule is CCCCCCCCCCCCCCCCCC(=O)OCC1(CC)COC2(CC(C)(CC)N(OC(=O)c3ccccc3)C(C)(CC)C2C)OC1. The molecule has 3 rings (SSSR count). The van der Waals surface area contributed by atoms with E-state index in [2.05, 4.69) is 48.5 Å². The number of carbonyl (C=O) groups is 2. The first-order valence-electron chi connectivity index (χ1n) is 20.5. The van der Waals surface area contributed by atoms with Gasteiger partial charge in [-0.05, 0) is 51.7 Å². The van der Waals surface area contributed by atoms with E-state index in [4.69, 9.17) is 19.0 Å². The fraction of sp³-hybridized carbons (Fsp3) is 0.814. The number of piperidine rings is 1. The number of hydroxylamine groups is 2. The fourth-order valence-electron chi connectivity index (χ4n) is 7.99. The third-order valence-corrected chi connectivity index (χ3v) is 12.4. The molecule has 0 amide bonds. The van der Waals surface area contributed by atoms with Crippen LogP contribution in [0.25, 0.3) is 0 Å². The first-order chi connectivity index (χ1) is 24.0. The lowest BCUT2D eigenvalue weighted by Gasteiger charge is -2.63. The van der Waals surface area contributed by atoms with Gasteiger partial charge in [0.2, 0.25) is 0 Å². The highest BCUT2D eigenvalue weighted by atomic mass is 16.7. The van der Waals surface area contributed by atoms with Crippen molar-refractivity contribution in [3.63, 3.8) is 0 Å². The predicted octanol–water partition coefficient (Wildman–Crippen LogP) is 11.4. The van der Waals surface area contributed by atoms with Crippen LogP contribution in [0.2, 0.25) is 0 Å². The minimum atomic E-state index is -0.832. The molecule has 2 saturated heterocycles. The molecule has 2 aliphatic rings. The summed E-state index contributed by atoms with van der Waals surface area (Å²) in [6, 6.07) is 9.17. The summed E-state index contributed by atoms with van der Waals surface area (Å²) in [5.74, 6) is -1.39. The molecule has 1 aromatic rings. The second-order valence-electron chi connectivity index (χ2n) is 16.1. The van der Waals surface area contributed by atoms with Crippen molar-refractivity contribution in [1.82, 2.24) is 5.06 Å². The minimum absolute atomic E-state index is 0.0919. The predicted molar refractivity (Wildman–Crippen MR) is 203 cm³/mol. The highest BCUT2D eigenvalue weighted by Gasteiger charge is 2.64. The van der Waals surface area contributed by atoms with Gasteiger partial charge in [-0.3, -0.25) is 4.79 Å². The topological polar surface area (TPSA) is 74.3 Å². The van der Waals surface area contributed by atoms with Gasteiger partial charge in [-0.1, -0.05) is 143 Å². The molecule has 2 fully saturated rings. The lowest BCUT2D eigenvalue weighted by Crippen LogP contribution is -2.74. The summed E-state index contributed by atoms with van der Waals surface area (Å²) in [4.78, 5) is 32.3. The average molecular weight is 700 g/mol. The van der Waals surface area contributed by atoms with E-state index in [1.807, 2.05) is 23.3 Å². The lowest BCUT2D eigenvalue weighted by molar-refractivity contribution is -0.401. The van der Waals surface area contributed by atoms with Crippen LogP contribution in [-0.4, -0.2) is 53.7 Å². The summed E-state index contributed by atoms with van der Waals surface area (Å²) in [6.45, 7) is 16.3. The standard InChI is InChI=1S/C43H73NO6/c1-8-12-13-14-15-16-17-18-19-20-21-22-23-24-28-31-38(45)47-33-42(11-4)34-48-43(49-35-42)32-40(6,9-2)44(41(7,10-3)36(43)5)50-39(46)37-29-26-25-27-30-37/h25-27,29-30,36H,8-24,28,31-35H2,1-7H3. The van der Waals surface area contributed by atoms with Crippen LogP contribution in [-0.2, 0) is 23.8 Å². The normalized spacial score (nSPS) is 28.5. The van der Waals surface area contributed by atoms with Crippen LogP contribution in [0.5, 0.6) is 0 Å². The molecule has 3 unspecified atom stereocenters. The number of hydrogen-bond acceptors (Lipinski definition) is 7. The maximum atomic E-state index is 13.3. The molecule has 2 heterocycles. The van der Waals surface area contributed by atoms with Gasteiger partial charge in [0.1, 0.15) is 6.61 Å². The second-order valence-corrected chi connectivity index (χ2v) is 16.1. The van der Waals surface area contributed by atoms with Gasteiger partial charge in [-0.15, -0.1) is 5.06 Å². The summed E-state index contributed by atoms with van der Waals surface area (Å²) in [7, 11) is 0. The average Bonchev–Trinajstić information content (AvgIpc) is 3.14. The molecule has 7 heteroatoms. The molecule has 286 valence electrons. The number of carbonyl (C=O) groups excluding carboxylic acids is 2. The van der Waals surface area contributed by atoms with Crippen molar-refractivity contribution < 1.29 is 28.6 Å². The van der Waals surface area contributed by atoms with E-state index in [1.54, 1.807) is 12.1 Å². The summed E-state index contributed by atoms with van der Waals surface area (Å²) in [5.41, 5.74) is -0.880. The van der Waals surface area contributed by atoms with Crippen molar-refractivity contribution in [2.75, 3.05) is 19.8 Å². The number of rotatable bonds is 23. The van der Waals surface area contributed by atoms with Gasteiger partial charge in [0.15, 0.2) is 5.79 Å². The van der Waals surface area contributed by atoms with Crippen molar-refractivity contribution in [2.45, 2.75) is 194 Å². The summed E-state index contributed by atoms with van der Waals surface area (Å²) < 4.78 is 19.5. The number of hydrogen-bond donors (Lipinski definition) is 0. The molecular formula is C43H73NO6. The highest BCUT2D eigenvalue weighted by Crippen LogP contribution is 2.54. The Labute approximate surface area is 305 Å². The Bertz CT molecular complexity index is 1120. The molecule has 3 atom stereocenters. The van der Waals surface area contributed by atoms with Crippen molar-refractivity contribution in [3.05, 3.63) is 35.9 Å². The number of ether oxygens (including phenoxy) is 3. The van der Waals surface area contributed by atoms with Gasteiger partial charge in [0.05, 0.1) is 35.3 Å². The zero-order chi connectivity index (χ0) is 36.5. The molecule has 0 saturated carbocycles. The number of nitrogens with zero attached hydrogens (tertiary/aromatic N) is 1. The summed E-state index contributed by atoms with van der Waals surface area (Å²) >= 11 is 0. The van der Waals surface area contributed by atoms with Gasteiger partial charge in [-0.2, -0.15) is 0 Å². The number of unbranched alkanes of at least 4 members (excludes halogenated alkanes) is 14. The van der Waals surface area contributed by atoms with E-state index >= 15 is 0 Å². The molecule has 0 aliphatic carbocycles. The summed E-state index contributed by atoms with van der Waals surface area (Å²) in [6.07, 6.45) is 22.9. The van der Waals surface area contributed by atoms with Crippen LogP contribution >= 0.6 is 0 Å². The van der Waals surface area contributed by atoms with E-state index in [1.165, 1.54) is 83.5 Å². The summed E-state index contributed by atoms with van der Waals surface area (Å²) in [5, 5.41) is 1.94. The van der Waals surface area contributed by atoms with Crippen LogP contribution in [0.3, 0.4) is 0 Å². The Morgan fingerprint density at radius 2 is 1.26 bits per heavy atom. The molecule has 7 nitrogen and oxygen atoms in total. The fourth-order valence-corrected chi connectivity index (χ4v) is 7.99. The zero-order valence-electron chi connectivity index (χ0n) is 33.1. The Balaban J connectivity index is 1.41. The Morgan fingerprint density at radius 1 is 0.740 bits per heavy atom. The van der Waals surface area contributed by atoms with Crippen molar-refractivity contribution in [1.29, 1.82) is 0 Å². The van der Waals surface area contributed by atoms with E-state index < -0.39 is 16.9 Å². The quantitative estimate of drug-likeness (QED) is 0.0831. The smallest absolute Gasteiger partial charge is 0.357 e. The van der Waals surface area contributed by atoms with Crippen LogP contribution in [0.4, 0.5) is 0 Å². The van der Waals surface area contributed by atoms with Crippen molar-refractivity contribution in [2.24, 2.45) is 11.3 Å². The van der Waals surface area contributed by atoms with Gasteiger partial charge < -0.3 is 19.0 Å². The Hall–Kier alpha value is -1.96. The monoisotopic (exact) mass is 700 g/mol. The molecule has 0 bridgehead atoms. The largest absolute Gasteiger partial charge is 0.465 e. The second kappa shape index (κ2) is 20.9. The maximum Gasteiger partial charge on any atom is 0.357 e. The van der Waals surface area contributed by atoms with Crippen LogP contribution in [0.15, 0.2) is 30.3 Å². The molecule has 0 radical (unpaired) electrons. The van der Waals surface area contributed by atoms with E-state index in [0.29, 0.717) is 38.2 Å². The van der Waals surface area contributed by atoms with Crippen molar-refractivity contribution >= 4 is 11.9 Å². The Kier molecular flexibility index (Phi) is 17.8. The molecular weight excluding hydrogens is 626 g/mol. The van der Waals surface area contributed by atoms with Crippen LogP contribution in [0, 0.1) is 11.3 Å². The van der Waals surface area contributed by atoms with Gasteiger partial charge in [0, 0.05) is 18.8 Å². The zero-order valence-corrected chi connectivity index (χ0v) is 33.1. The van der Waals surface area contributed by atoms with Crippen LogP contribution in [0.1, 0.15) is 187 Å². The van der Waals surface area contributed by atoms with Gasteiger partial charge in [-0.25, -0.2) is 4.79 Å². The molecule has 1 spiro atoms. The number of esters is 1. The molecule has 0 aromatic heterocycles. The lowest BCUT2D eigenvalue weighted by atomic mass is 9.66. The van der Waals surface area contributed by atoms with Crippen LogP contribution < -0.4 is 0 Å². The number of benzene rings is 1. The van der Waals surface area contributed by atoms with Gasteiger partial charge in [0.25, 0.3) is 0 Å². The molecule has 2 aliphatic heterocycles. The van der Waals surface area contributed by atoms with E-state index in [9.17, 15) is 9.59 Å². The van der Waals surface area contributed by atoms with E-state index in [0.717, 1.165) is 32.1 Å². The van der Waals surface area contributed by atoms with Gasteiger partial charge >= 0.3 is 11.9 Å². The third kappa shape index (κ3) is 11.5. The first-order valence-corrected chi connectivity index (χ1v) is 20.5. The molecule has 50 heavy (non-hydrogen) atoms. The Morgan fingerprint density at radius 3 is 1.74 bits per heavy atom. The minimum Gasteiger partial charge on any atom is -0.465 e. The first kappa shape index (κ1) is 42.5. The third-order valence-electron chi connectivity index (χ3n) is 12.4. The molecule has 1 aromatic carbocycles. The maximum absolute atomic E-state index is 13.3. The van der Waals surface area contributed by atoms with Crippen molar-refractivity contribution in [3.8, 4) is 0 Å². The molecule has 0 N–H and O–H groups in total. The van der Waals surface area contributed by atoms with E-state index in [-0.39, 0.29) is 23.3 Å². The highest BCUT2D eigenvalue weighted by molar-refractivity contribution is 5.89.